The summed E-state index contributed by atoms with van der Waals surface area (Å²) in [5.74, 6) is -0.454. The second kappa shape index (κ2) is 7.09. The van der Waals surface area contributed by atoms with Gasteiger partial charge >= 0.3 is 5.97 Å². The number of carbonyl (C=O) groups excluding carboxylic acids is 1. The van der Waals surface area contributed by atoms with Gasteiger partial charge in [0, 0.05) is 12.1 Å². The molecule has 0 bridgehead atoms. The number of methoxy groups -OCH3 is 2. The first-order chi connectivity index (χ1) is 10.0. The lowest BCUT2D eigenvalue weighted by Crippen LogP contribution is -2.03. The molecule has 112 valence electrons. The molecule has 5 nitrogen and oxygen atoms in total. The van der Waals surface area contributed by atoms with Crippen molar-refractivity contribution in [3.63, 3.8) is 0 Å². The number of rotatable bonds is 5. The van der Waals surface area contributed by atoms with Crippen LogP contribution in [0.2, 0.25) is 10.0 Å². The van der Waals surface area contributed by atoms with Crippen molar-refractivity contribution in [3.8, 4) is 0 Å². The van der Waals surface area contributed by atoms with Crippen molar-refractivity contribution in [3.05, 3.63) is 38.8 Å². The molecule has 1 N–H and O–H groups in total. The molecule has 0 aliphatic rings. The van der Waals surface area contributed by atoms with E-state index < -0.39 is 5.97 Å². The summed E-state index contributed by atoms with van der Waals surface area (Å²) in [5, 5.41) is 4.59. The molecule has 2 rings (SSSR count). The smallest absolute Gasteiger partial charge is 0.350 e. The zero-order chi connectivity index (χ0) is 15.4. The Morgan fingerprint density at radius 1 is 1.38 bits per heavy atom. The van der Waals surface area contributed by atoms with Crippen molar-refractivity contribution in [2.75, 3.05) is 19.5 Å². The molecule has 0 radical (unpaired) electrons. The predicted octanol–water partition coefficient (Wildman–Crippen LogP) is 4.13. The van der Waals surface area contributed by atoms with Crippen LogP contribution in [0.4, 0.5) is 10.8 Å². The number of esters is 1. The van der Waals surface area contributed by atoms with Crippen LogP contribution in [0.15, 0.2) is 18.2 Å². The van der Waals surface area contributed by atoms with Gasteiger partial charge in [0.05, 0.1) is 30.1 Å². The highest BCUT2D eigenvalue weighted by molar-refractivity contribution is 7.17. The van der Waals surface area contributed by atoms with E-state index in [2.05, 4.69) is 10.3 Å². The van der Waals surface area contributed by atoms with Gasteiger partial charge in [-0.1, -0.05) is 34.5 Å². The molecule has 1 aromatic heterocycles. The Hall–Kier alpha value is -1.34. The number of nitrogens with zero attached hydrogens (tertiary/aromatic N) is 1. The van der Waals surface area contributed by atoms with Gasteiger partial charge in [-0.15, -0.1) is 0 Å². The molecule has 0 unspecified atom stereocenters. The van der Waals surface area contributed by atoms with Gasteiger partial charge in [0.1, 0.15) is 4.88 Å². The molecule has 8 heteroatoms. The Balaban J connectivity index is 2.32. The average Bonchev–Trinajstić information content (AvgIpc) is 2.85. The standard InChI is InChI=1S/C13H12Cl2N2O3S/c1-19-6-10-11(12(18)20-2)21-13(17-10)16-9-5-7(14)3-4-8(9)15/h3-5H,6H2,1-2H3,(H,16,17). The van der Waals surface area contributed by atoms with Crippen LogP contribution in [0.3, 0.4) is 0 Å². The summed E-state index contributed by atoms with van der Waals surface area (Å²) >= 11 is 13.2. The Morgan fingerprint density at radius 3 is 2.81 bits per heavy atom. The maximum atomic E-state index is 11.7. The molecule has 0 fully saturated rings. The maximum Gasteiger partial charge on any atom is 0.350 e. The van der Waals surface area contributed by atoms with E-state index in [1.54, 1.807) is 18.2 Å². The molecule has 0 amide bonds. The third-order valence-corrected chi connectivity index (χ3v) is 4.08. The zero-order valence-corrected chi connectivity index (χ0v) is 13.6. The van der Waals surface area contributed by atoms with Gasteiger partial charge in [0.15, 0.2) is 5.13 Å². The first-order valence-electron chi connectivity index (χ1n) is 5.84. The summed E-state index contributed by atoms with van der Waals surface area (Å²) in [4.78, 5) is 16.4. The largest absolute Gasteiger partial charge is 0.465 e. The summed E-state index contributed by atoms with van der Waals surface area (Å²) in [7, 11) is 2.85. The fourth-order valence-electron chi connectivity index (χ4n) is 1.60. The van der Waals surface area contributed by atoms with E-state index in [1.807, 2.05) is 0 Å². The lowest BCUT2D eigenvalue weighted by atomic mass is 10.3. The van der Waals surface area contributed by atoms with Gasteiger partial charge in [-0.3, -0.25) is 0 Å². The number of carbonyl (C=O) groups is 1. The fourth-order valence-corrected chi connectivity index (χ4v) is 2.84. The Labute approximate surface area is 135 Å². The van der Waals surface area contributed by atoms with Gasteiger partial charge < -0.3 is 14.8 Å². The van der Waals surface area contributed by atoms with Crippen LogP contribution >= 0.6 is 34.5 Å². The lowest BCUT2D eigenvalue weighted by Gasteiger charge is -2.05. The van der Waals surface area contributed by atoms with Crippen molar-refractivity contribution in [1.29, 1.82) is 0 Å². The van der Waals surface area contributed by atoms with Crippen LogP contribution in [0.25, 0.3) is 0 Å². The SMILES string of the molecule is COCc1nc(Nc2cc(Cl)ccc2Cl)sc1C(=O)OC. The first-order valence-corrected chi connectivity index (χ1v) is 7.41. The molecule has 21 heavy (non-hydrogen) atoms. The van der Waals surface area contributed by atoms with Gasteiger partial charge in [0.2, 0.25) is 0 Å². The molecule has 1 aromatic carbocycles. The fraction of sp³-hybridized carbons (Fsp3) is 0.231. The third kappa shape index (κ3) is 3.85. The van der Waals surface area contributed by atoms with Gasteiger partial charge in [-0.25, -0.2) is 9.78 Å². The number of hydrogen-bond acceptors (Lipinski definition) is 6. The van der Waals surface area contributed by atoms with Gasteiger partial charge in [-0.2, -0.15) is 0 Å². The average molecular weight is 347 g/mol. The Kier molecular flexibility index (Phi) is 5.41. The third-order valence-electron chi connectivity index (χ3n) is 2.52. The van der Waals surface area contributed by atoms with E-state index in [0.717, 1.165) is 11.3 Å². The molecule has 0 spiro atoms. The monoisotopic (exact) mass is 346 g/mol. The van der Waals surface area contributed by atoms with Crippen molar-refractivity contribution < 1.29 is 14.3 Å². The molecule has 0 saturated heterocycles. The summed E-state index contributed by atoms with van der Waals surface area (Å²) in [5.41, 5.74) is 1.12. The number of hydrogen-bond donors (Lipinski definition) is 1. The zero-order valence-electron chi connectivity index (χ0n) is 11.3. The Bertz CT molecular complexity index is 661. The van der Waals surface area contributed by atoms with Crippen LogP contribution < -0.4 is 5.32 Å². The maximum absolute atomic E-state index is 11.7. The minimum Gasteiger partial charge on any atom is -0.465 e. The van der Waals surface area contributed by atoms with Crippen molar-refractivity contribution >= 4 is 51.3 Å². The summed E-state index contributed by atoms with van der Waals surface area (Å²) in [6.45, 7) is 0.214. The molecule has 2 aromatic rings. The van der Waals surface area contributed by atoms with Gasteiger partial charge in [-0.05, 0) is 18.2 Å². The number of benzene rings is 1. The van der Waals surface area contributed by atoms with Crippen molar-refractivity contribution in [2.24, 2.45) is 0 Å². The number of thiazole rings is 1. The highest BCUT2D eigenvalue weighted by atomic mass is 35.5. The molecule has 0 aliphatic carbocycles. The van der Waals surface area contributed by atoms with Crippen molar-refractivity contribution in [1.82, 2.24) is 4.98 Å². The quantitative estimate of drug-likeness (QED) is 0.824. The highest BCUT2D eigenvalue weighted by Gasteiger charge is 2.19. The summed E-state index contributed by atoms with van der Waals surface area (Å²) in [6, 6.07) is 5.05. The van der Waals surface area contributed by atoms with E-state index in [0.29, 0.717) is 31.4 Å². The molecule has 0 aliphatic heterocycles. The van der Waals surface area contributed by atoms with E-state index in [1.165, 1.54) is 14.2 Å². The van der Waals surface area contributed by atoms with Crippen molar-refractivity contribution in [2.45, 2.75) is 6.61 Å². The first kappa shape index (κ1) is 16.0. The minimum atomic E-state index is -0.454. The number of halogens is 2. The molecular formula is C13H12Cl2N2O3S. The van der Waals surface area contributed by atoms with E-state index in [9.17, 15) is 4.79 Å². The summed E-state index contributed by atoms with van der Waals surface area (Å²) < 4.78 is 9.76. The Morgan fingerprint density at radius 2 is 2.14 bits per heavy atom. The van der Waals surface area contributed by atoms with E-state index in [4.69, 9.17) is 32.7 Å². The molecular weight excluding hydrogens is 335 g/mol. The topological polar surface area (TPSA) is 60.5 Å². The number of aromatic nitrogens is 1. The molecule has 0 atom stereocenters. The van der Waals surface area contributed by atoms with E-state index in [-0.39, 0.29) is 6.61 Å². The van der Waals surface area contributed by atoms with E-state index >= 15 is 0 Å². The number of nitrogens with one attached hydrogen (secondary N) is 1. The highest BCUT2D eigenvalue weighted by Crippen LogP contribution is 2.32. The van der Waals surface area contributed by atoms with Gasteiger partial charge in [0.25, 0.3) is 0 Å². The normalized spacial score (nSPS) is 10.5. The minimum absolute atomic E-state index is 0.214. The van der Waals surface area contributed by atoms with Crippen LogP contribution in [0, 0.1) is 0 Å². The second-order valence-corrected chi connectivity index (χ2v) is 5.81. The molecule has 0 saturated carbocycles. The number of anilines is 2. The van der Waals surface area contributed by atoms with Crippen LogP contribution in [-0.4, -0.2) is 25.2 Å². The number of ether oxygens (including phenoxy) is 2. The van der Waals surface area contributed by atoms with Crippen LogP contribution in [0.5, 0.6) is 0 Å². The predicted molar refractivity (Wildman–Crippen MR) is 83.9 cm³/mol. The van der Waals surface area contributed by atoms with Crippen LogP contribution in [0.1, 0.15) is 15.4 Å². The summed E-state index contributed by atoms with van der Waals surface area (Å²) in [6.07, 6.45) is 0. The lowest BCUT2D eigenvalue weighted by molar-refractivity contribution is 0.0601. The molecule has 1 heterocycles. The van der Waals surface area contributed by atoms with Crippen LogP contribution in [-0.2, 0) is 16.1 Å². The second-order valence-electron chi connectivity index (χ2n) is 3.97.